The molecule has 0 aliphatic heterocycles. The molecule has 0 aliphatic rings. The second-order valence-corrected chi connectivity index (χ2v) is 10.2. The molecule has 40 heavy (non-hydrogen) atoms. The van der Waals surface area contributed by atoms with Gasteiger partial charge in [-0.1, -0.05) is 78.9 Å². The smallest absolute Gasteiger partial charge is 0.0985 e. The molecule has 4 heteroatoms. The van der Waals surface area contributed by atoms with E-state index < -0.39 is 0 Å². The lowest BCUT2D eigenvalue weighted by Crippen LogP contribution is -2.09. The minimum absolute atomic E-state index is 1.00. The van der Waals surface area contributed by atoms with E-state index in [1.165, 1.54) is 10.9 Å². The molecule has 8 rings (SSSR count). The van der Waals surface area contributed by atoms with E-state index in [-0.39, 0.29) is 0 Å². The van der Waals surface area contributed by atoms with Gasteiger partial charge in [0.1, 0.15) is 0 Å². The summed E-state index contributed by atoms with van der Waals surface area (Å²) in [5, 5.41) is 3.49. The molecular weight excluding hydrogens is 488 g/mol. The first kappa shape index (κ1) is 22.6. The number of fused-ring (bicyclic) bond motifs is 7. The zero-order valence-electron chi connectivity index (χ0n) is 22.1. The van der Waals surface area contributed by atoms with Gasteiger partial charge in [0.05, 0.1) is 27.6 Å². The van der Waals surface area contributed by atoms with Crippen LogP contribution in [0.1, 0.15) is 0 Å². The summed E-state index contributed by atoms with van der Waals surface area (Å²) in [6.45, 7) is 0. The number of anilines is 2. The fourth-order valence-corrected chi connectivity index (χ4v) is 6.08. The van der Waals surface area contributed by atoms with Crippen LogP contribution in [0.3, 0.4) is 0 Å². The van der Waals surface area contributed by atoms with Crippen LogP contribution in [0.15, 0.2) is 140 Å². The van der Waals surface area contributed by atoms with Crippen LogP contribution in [0.5, 0.6) is 0 Å². The van der Waals surface area contributed by atoms with Gasteiger partial charge in [-0.15, -0.1) is 0 Å². The van der Waals surface area contributed by atoms with Gasteiger partial charge in [-0.2, -0.15) is 0 Å². The van der Waals surface area contributed by atoms with Crippen LogP contribution in [0.4, 0.5) is 11.4 Å². The van der Waals surface area contributed by atoms with E-state index in [0.717, 1.165) is 55.6 Å². The number of nitrogens with zero attached hydrogens (tertiary/aromatic N) is 4. The van der Waals surface area contributed by atoms with Gasteiger partial charge >= 0.3 is 0 Å². The Balaban J connectivity index is 1.51. The van der Waals surface area contributed by atoms with E-state index in [1.54, 1.807) is 0 Å². The monoisotopic (exact) mass is 514 g/mol. The van der Waals surface area contributed by atoms with Crippen molar-refractivity contribution >= 4 is 55.1 Å². The van der Waals surface area contributed by atoms with E-state index in [1.807, 2.05) is 0 Å². The van der Waals surface area contributed by atoms with E-state index in [4.69, 9.17) is 4.98 Å². The molecule has 5 aromatic carbocycles. The Kier molecular flexibility index (Phi) is 5.01. The van der Waals surface area contributed by atoms with Gasteiger partial charge < -0.3 is 14.0 Å². The van der Waals surface area contributed by atoms with Gasteiger partial charge in [0, 0.05) is 52.2 Å². The molecule has 0 N–H and O–H groups in total. The molecular formula is C36H26N4. The van der Waals surface area contributed by atoms with Crippen molar-refractivity contribution in [1.82, 2.24) is 14.1 Å². The first-order valence-corrected chi connectivity index (χ1v) is 13.6. The van der Waals surface area contributed by atoms with Crippen LogP contribution < -0.4 is 4.90 Å². The maximum atomic E-state index is 5.10. The molecule has 0 saturated heterocycles. The molecule has 190 valence electrons. The number of para-hydroxylation sites is 4. The molecule has 0 radical (unpaired) electrons. The summed E-state index contributed by atoms with van der Waals surface area (Å²) in [5.41, 5.74) is 10.1. The number of aromatic nitrogens is 3. The summed E-state index contributed by atoms with van der Waals surface area (Å²) >= 11 is 0. The van der Waals surface area contributed by atoms with Gasteiger partial charge in [-0.25, -0.2) is 0 Å². The van der Waals surface area contributed by atoms with Crippen molar-refractivity contribution < 1.29 is 0 Å². The van der Waals surface area contributed by atoms with Crippen molar-refractivity contribution in [2.45, 2.75) is 0 Å². The molecule has 0 saturated carbocycles. The highest BCUT2D eigenvalue weighted by molar-refractivity contribution is 6.22. The fraction of sp³-hybridized carbons (Fsp3) is 0.0278. The molecule has 0 unspecified atom stereocenters. The number of pyridine rings is 1. The summed E-state index contributed by atoms with van der Waals surface area (Å²) < 4.78 is 4.78. The second-order valence-electron chi connectivity index (χ2n) is 10.2. The Morgan fingerprint density at radius 3 is 1.85 bits per heavy atom. The molecule has 0 aliphatic carbocycles. The third-order valence-corrected chi connectivity index (χ3v) is 7.94. The number of hydrogen-bond donors (Lipinski definition) is 0. The summed E-state index contributed by atoms with van der Waals surface area (Å²) in [7, 11) is 2.12. The number of benzene rings is 5. The van der Waals surface area contributed by atoms with Crippen LogP contribution in [0.2, 0.25) is 0 Å². The standard InChI is InChI=1S/C36H26N4/c1-38(25-13-4-2-5-14-25)27-17-12-18-28(23-27)40-33-22-11-9-20-30(33)34-36(40)35-31(24-37-34)29-19-8-10-21-32(29)39(35)26-15-6-3-7-16-26/h2-24H,1H3. The Labute approximate surface area is 232 Å². The minimum Gasteiger partial charge on any atom is -0.345 e. The molecule has 0 spiro atoms. The number of hydrogen-bond acceptors (Lipinski definition) is 2. The van der Waals surface area contributed by atoms with Crippen molar-refractivity contribution in [3.8, 4) is 11.4 Å². The van der Waals surface area contributed by atoms with E-state index in [0.29, 0.717) is 0 Å². The SMILES string of the molecule is CN(c1ccccc1)c1cccc(-n2c3ccccc3c3ncc4c5ccccc5n(-c5ccccc5)c4c32)c1. The number of rotatable bonds is 4. The average Bonchev–Trinajstić information content (AvgIpc) is 3.55. The molecule has 0 bridgehead atoms. The molecule has 0 atom stereocenters. The van der Waals surface area contributed by atoms with Crippen LogP contribution in [-0.2, 0) is 0 Å². The molecule has 8 aromatic rings. The van der Waals surface area contributed by atoms with Gasteiger partial charge in [-0.3, -0.25) is 4.98 Å². The van der Waals surface area contributed by atoms with Crippen molar-refractivity contribution in [2.24, 2.45) is 0 Å². The first-order chi connectivity index (χ1) is 19.8. The molecule has 3 heterocycles. The minimum atomic E-state index is 1.00. The largest absolute Gasteiger partial charge is 0.345 e. The molecule has 4 nitrogen and oxygen atoms in total. The van der Waals surface area contributed by atoms with Crippen molar-refractivity contribution in [1.29, 1.82) is 0 Å². The van der Waals surface area contributed by atoms with Crippen LogP contribution in [-0.4, -0.2) is 21.2 Å². The quantitative estimate of drug-likeness (QED) is 0.234. The Bertz CT molecular complexity index is 2170. The van der Waals surface area contributed by atoms with E-state index in [9.17, 15) is 0 Å². The van der Waals surface area contributed by atoms with Crippen LogP contribution in [0, 0.1) is 0 Å². The highest BCUT2D eigenvalue weighted by Crippen LogP contribution is 2.40. The molecule has 3 aromatic heterocycles. The lowest BCUT2D eigenvalue weighted by atomic mass is 10.2. The predicted octanol–water partition coefficient (Wildman–Crippen LogP) is 9.04. The summed E-state index contributed by atoms with van der Waals surface area (Å²) in [5.74, 6) is 0. The lowest BCUT2D eigenvalue weighted by molar-refractivity contribution is 1.14. The highest BCUT2D eigenvalue weighted by Gasteiger charge is 2.22. The fourth-order valence-electron chi connectivity index (χ4n) is 6.08. The van der Waals surface area contributed by atoms with Gasteiger partial charge in [-0.05, 0) is 54.6 Å². The third-order valence-electron chi connectivity index (χ3n) is 7.94. The maximum absolute atomic E-state index is 5.10. The van der Waals surface area contributed by atoms with E-state index >= 15 is 0 Å². The maximum Gasteiger partial charge on any atom is 0.0985 e. The summed E-state index contributed by atoms with van der Waals surface area (Å²) in [4.78, 5) is 7.33. The third kappa shape index (κ3) is 3.29. The van der Waals surface area contributed by atoms with Gasteiger partial charge in [0.15, 0.2) is 0 Å². The second kappa shape index (κ2) is 8.85. The summed E-state index contributed by atoms with van der Waals surface area (Å²) in [6, 6.07) is 47.1. The van der Waals surface area contributed by atoms with Gasteiger partial charge in [0.2, 0.25) is 0 Å². The first-order valence-electron chi connectivity index (χ1n) is 13.6. The Morgan fingerprint density at radius 1 is 0.500 bits per heavy atom. The molecule has 0 amide bonds. The van der Waals surface area contributed by atoms with Crippen LogP contribution in [0.25, 0.3) is 55.1 Å². The zero-order chi connectivity index (χ0) is 26.6. The highest BCUT2D eigenvalue weighted by atomic mass is 15.1. The molecule has 0 fully saturated rings. The predicted molar refractivity (Wildman–Crippen MR) is 167 cm³/mol. The Morgan fingerprint density at radius 2 is 1.07 bits per heavy atom. The topological polar surface area (TPSA) is 26.0 Å². The lowest BCUT2D eigenvalue weighted by Gasteiger charge is -2.21. The van der Waals surface area contributed by atoms with Crippen molar-refractivity contribution in [3.63, 3.8) is 0 Å². The van der Waals surface area contributed by atoms with E-state index in [2.05, 4.69) is 161 Å². The van der Waals surface area contributed by atoms with Crippen molar-refractivity contribution in [2.75, 3.05) is 11.9 Å². The van der Waals surface area contributed by atoms with Gasteiger partial charge in [0.25, 0.3) is 0 Å². The Hall–Kier alpha value is -5.35. The zero-order valence-corrected chi connectivity index (χ0v) is 22.1. The van der Waals surface area contributed by atoms with Crippen LogP contribution >= 0.6 is 0 Å². The van der Waals surface area contributed by atoms with Crippen molar-refractivity contribution in [3.05, 3.63) is 140 Å². The normalized spacial score (nSPS) is 11.6. The summed E-state index contributed by atoms with van der Waals surface area (Å²) in [6.07, 6.45) is 2.05. The average molecular weight is 515 g/mol.